The number of nitrogens with zero attached hydrogens (tertiary/aromatic N) is 2. The predicted octanol–water partition coefficient (Wildman–Crippen LogP) is 1.16. The summed E-state index contributed by atoms with van der Waals surface area (Å²) in [6.45, 7) is 2.92. The normalized spacial score (nSPS) is 11.8. The van der Waals surface area contributed by atoms with E-state index in [4.69, 9.17) is 11.6 Å². The molecule has 0 heterocycles. The van der Waals surface area contributed by atoms with E-state index in [9.17, 15) is 0 Å². The quantitative estimate of drug-likeness (QED) is 0.299. The second-order valence-electron chi connectivity index (χ2n) is 1.51. The summed E-state index contributed by atoms with van der Waals surface area (Å²) in [4.78, 5) is 5.63. The number of aliphatic imine (C=N–C) groups is 1. The molecule has 0 aromatic carbocycles. The molecule has 2 nitrogen and oxygen atoms in total. The van der Waals surface area contributed by atoms with Gasteiger partial charge in [-0.15, -0.1) is 0 Å². The molecule has 0 aliphatic carbocycles. The maximum atomic E-state index is 5.59. The van der Waals surface area contributed by atoms with Crippen LogP contribution in [0, 0.1) is 0 Å². The largest absolute Gasteiger partial charge is 0.351 e. The van der Waals surface area contributed by atoms with E-state index in [1.54, 1.807) is 7.05 Å². The van der Waals surface area contributed by atoms with Gasteiger partial charge in [0, 0.05) is 20.6 Å². The van der Waals surface area contributed by atoms with Crippen molar-refractivity contribution in [2.75, 3.05) is 20.6 Å². The minimum absolute atomic E-state index is 0.563. The second kappa shape index (κ2) is 3.72. The van der Waals surface area contributed by atoms with Gasteiger partial charge in [0.1, 0.15) is 0 Å². The molecule has 0 radical (unpaired) electrons. The van der Waals surface area contributed by atoms with Gasteiger partial charge in [0.15, 0.2) is 5.29 Å². The van der Waals surface area contributed by atoms with E-state index in [0.717, 1.165) is 6.54 Å². The first-order valence-electron chi connectivity index (χ1n) is 2.55. The summed E-state index contributed by atoms with van der Waals surface area (Å²) >= 11 is 5.59. The van der Waals surface area contributed by atoms with Crippen LogP contribution in [0.5, 0.6) is 0 Å². The second-order valence-corrected chi connectivity index (χ2v) is 1.84. The van der Waals surface area contributed by atoms with Crippen LogP contribution in [0.25, 0.3) is 0 Å². The summed E-state index contributed by atoms with van der Waals surface area (Å²) in [6, 6.07) is 0. The lowest BCUT2D eigenvalue weighted by Gasteiger charge is -2.11. The molecule has 0 unspecified atom stereocenters. The Kier molecular flexibility index (Phi) is 3.61. The fourth-order valence-corrected chi connectivity index (χ4v) is 0.421. The number of halogens is 1. The van der Waals surface area contributed by atoms with Crippen molar-refractivity contribution in [2.45, 2.75) is 6.92 Å². The van der Waals surface area contributed by atoms with Crippen molar-refractivity contribution in [1.29, 1.82) is 0 Å². The lowest BCUT2D eigenvalue weighted by Crippen LogP contribution is -2.21. The Morgan fingerprint density at radius 2 is 2.25 bits per heavy atom. The fraction of sp³-hybridized carbons (Fsp3) is 0.800. The van der Waals surface area contributed by atoms with Crippen LogP contribution in [0.1, 0.15) is 6.92 Å². The van der Waals surface area contributed by atoms with E-state index in [0.29, 0.717) is 5.29 Å². The van der Waals surface area contributed by atoms with Gasteiger partial charge in [-0.2, -0.15) is 0 Å². The monoisotopic (exact) mass is 134 g/mol. The lowest BCUT2D eigenvalue weighted by atomic mass is 10.7. The summed E-state index contributed by atoms with van der Waals surface area (Å²) in [7, 11) is 3.57. The van der Waals surface area contributed by atoms with Crippen molar-refractivity contribution in [3.8, 4) is 0 Å². The van der Waals surface area contributed by atoms with Gasteiger partial charge in [-0.05, 0) is 18.5 Å². The molecule has 0 aliphatic rings. The fourth-order valence-electron chi connectivity index (χ4n) is 0.301. The van der Waals surface area contributed by atoms with Gasteiger partial charge in [-0.25, -0.2) is 0 Å². The van der Waals surface area contributed by atoms with E-state index in [1.807, 2.05) is 18.9 Å². The van der Waals surface area contributed by atoms with Crippen LogP contribution in [0.4, 0.5) is 0 Å². The summed E-state index contributed by atoms with van der Waals surface area (Å²) in [5.74, 6) is 0. The molecule has 48 valence electrons. The van der Waals surface area contributed by atoms with Gasteiger partial charge in [-0.1, -0.05) is 0 Å². The van der Waals surface area contributed by atoms with Crippen LogP contribution in [-0.4, -0.2) is 30.8 Å². The zero-order chi connectivity index (χ0) is 6.57. The van der Waals surface area contributed by atoms with Crippen LogP contribution in [0.3, 0.4) is 0 Å². The Labute approximate surface area is 55.2 Å². The molecule has 3 heteroatoms. The summed E-state index contributed by atoms with van der Waals surface area (Å²) < 4.78 is 0. The zero-order valence-corrected chi connectivity index (χ0v) is 6.24. The topological polar surface area (TPSA) is 15.6 Å². The molecule has 0 saturated carbocycles. The Morgan fingerprint density at radius 1 is 1.75 bits per heavy atom. The number of rotatable bonds is 1. The molecule has 0 spiro atoms. The molecule has 0 fully saturated rings. The molecule has 0 bridgehead atoms. The van der Waals surface area contributed by atoms with Gasteiger partial charge in [-0.3, -0.25) is 4.99 Å². The minimum atomic E-state index is 0.563. The highest BCUT2D eigenvalue weighted by Crippen LogP contribution is 1.89. The zero-order valence-electron chi connectivity index (χ0n) is 5.48. The first kappa shape index (κ1) is 7.76. The number of amidine groups is 1. The highest BCUT2D eigenvalue weighted by Gasteiger charge is 1.94. The van der Waals surface area contributed by atoms with Crippen LogP contribution in [-0.2, 0) is 0 Å². The van der Waals surface area contributed by atoms with Crippen molar-refractivity contribution in [3.63, 3.8) is 0 Å². The summed E-state index contributed by atoms with van der Waals surface area (Å²) in [6.07, 6.45) is 0. The van der Waals surface area contributed by atoms with Crippen molar-refractivity contribution < 1.29 is 0 Å². The van der Waals surface area contributed by atoms with E-state index >= 15 is 0 Å². The van der Waals surface area contributed by atoms with Gasteiger partial charge in [0.25, 0.3) is 0 Å². The first-order valence-corrected chi connectivity index (χ1v) is 2.93. The van der Waals surface area contributed by atoms with Gasteiger partial charge < -0.3 is 4.90 Å². The molecule has 0 rings (SSSR count). The van der Waals surface area contributed by atoms with Crippen molar-refractivity contribution in [1.82, 2.24) is 4.90 Å². The van der Waals surface area contributed by atoms with Crippen LogP contribution >= 0.6 is 11.6 Å². The predicted molar refractivity (Wildman–Crippen MR) is 37.5 cm³/mol. The van der Waals surface area contributed by atoms with E-state index < -0.39 is 0 Å². The van der Waals surface area contributed by atoms with Crippen LogP contribution < -0.4 is 0 Å². The Bertz CT molecular complexity index is 90.4. The third-order valence-electron chi connectivity index (χ3n) is 0.974. The third kappa shape index (κ3) is 2.17. The Balaban J connectivity index is 3.63. The highest BCUT2D eigenvalue weighted by molar-refractivity contribution is 6.64. The van der Waals surface area contributed by atoms with Crippen molar-refractivity contribution in [2.24, 2.45) is 4.99 Å². The van der Waals surface area contributed by atoms with Crippen LogP contribution in [0.15, 0.2) is 4.99 Å². The molecule has 0 aliphatic heterocycles. The van der Waals surface area contributed by atoms with E-state index in [1.165, 1.54) is 0 Å². The number of hydrogen-bond donors (Lipinski definition) is 0. The third-order valence-corrected chi connectivity index (χ3v) is 1.43. The molecule has 0 saturated heterocycles. The van der Waals surface area contributed by atoms with Crippen molar-refractivity contribution in [3.05, 3.63) is 0 Å². The maximum absolute atomic E-state index is 5.59. The van der Waals surface area contributed by atoms with Gasteiger partial charge in [0.05, 0.1) is 0 Å². The first-order chi connectivity index (χ1) is 3.72. The Morgan fingerprint density at radius 3 is 2.38 bits per heavy atom. The molecule has 0 N–H and O–H groups in total. The molecule has 0 aromatic rings. The molecule has 0 atom stereocenters. The van der Waals surface area contributed by atoms with Gasteiger partial charge >= 0.3 is 0 Å². The number of hydrogen-bond acceptors (Lipinski definition) is 1. The molecule has 0 aromatic heterocycles. The molecule has 8 heavy (non-hydrogen) atoms. The molecular formula is C5H11ClN2. The SMILES string of the molecule is CCN(C)/C(Cl)=N/C. The molecule has 0 amide bonds. The highest BCUT2D eigenvalue weighted by atomic mass is 35.5. The van der Waals surface area contributed by atoms with Crippen LogP contribution in [0.2, 0.25) is 0 Å². The van der Waals surface area contributed by atoms with Gasteiger partial charge in [0.2, 0.25) is 0 Å². The standard InChI is InChI=1S/C5H11ClN2/c1-4-8(3)5(6)7-2/h4H2,1-3H3/b7-5+. The maximum Gasteiger partial charge on any atom is 0.193 e. The molecular weight excluding hydrogens is 124 g/mol. The summed E-state index contributed by atoms with van der Waals surface area (Å²) in [5, 5.41) is 0.563. The smallest absolute Gasteiger partial charge is 0.193 e. The van der Waals surface area contributed by atoms with E-state index in [2.05, 4.69) is 4.99 Å². The average Bonchev–Trinajstić information content (AvgIpc) is 1.84. The Hall–Kier alpha value is -0.240. The lowest BCUT2D eigenvalue weighted by molar-refractivity contribution is 0.544. The average molecular weight is 135 g/mol. The van der Waals surface area contributed by atoms with Crippen molar-refractivity contribution >= 4 is 16.9 Å². The minimum Gasteiger partial charge on any atom is -0.351 e. The summed E-state index contributed by atoms with van der Waals surface area (Å²) in [5.41, 5.74) is 0. The van der Waals surface area contributed by atoms with E-state index in [-0.39, 0.29) is 0 Å².